The molecule has 5 saturated heterocycles. The second-order valence-electron chi connectivity index (χ2n) is 16.2. The highest BCUT2D eigenvalue weighted by atomic mass is 16.8. The average molecular weight is 952 g/mol. The van der Waals surface area contributed by atoms with E-state index in [0.717, 1.165) is 20.8 Å². The summed E-state index contributed by atoms with van der Waals surface area (Å²) < 4.78 is 51.5. The Morgan fingerprint density at radius 3 is 1.25 bits per heavy atom. The van der Waals surface area contributed by atoms with Crippen LogP contribution in [0.5, 0.6) is 0 Å². The number of ether oxygens (including phenoxy) is 9. The van der Waals surface area contributed by atoms with E-state index in [0.29, 0.717) is 0 Å². The number of amides is 3. The smallest absolute Gasteiger partial charge is 0.217 e. The summed E-state index contributed by atoms with van der Waals surface area (Å²) in [5.41, 5.74) is 0. The van der Waals surface area contributed by atoms with Crippen molar-refractivity contribution in [2.75, 3.05) is 33.0 Å². The number of hydrogen-bond donors (Lipinski definition) is 17. The maximum absolute atomic E-state index is 12.5. The van der Waals surface area contributed by atoms with Crippen LogP contribution in [0.3, 0.4) is 0 Å². The number of hydrogen-bond acceptors (Lipinski definition) is 26. The topological polar surface area (TPSA) is 454 Å². The molecule has 0 aromatic carbocycles. The van der Waals surface area contributed by atoms with Crippen LogP contribution in [0.2, 0.25) is 0 Å². The number of nitrogens with one attached hydrogen (secondary N) is 3. The molecule has 0 aromatic heterocycles. The number of aliphatic hydroxyl groups excluding tert-OH is 14. The van der Waals surface area contributed by atoms with Gasteiger partial charge in [-0.25, -0.2) is 0 Å². The second-order valence-corrected chi connectivity index (χ2v) is 16.2. The quantitative estimate of drug-likeness (QED) is 0.0683. The lowest BCUT2D eigenvalue weighted by Gasteiger charge is -2.51. The van der Waals surface area contributed by atoms with Crippen molar-refractivity contribution < 1.29 is 129 Å². The SMILES string of the molecule is CC(=O)N[C@H]1[C@H](O[C@H]2[C@@H](O)[C@@H](CO)OC(O)[C@@H]2NC(C)=O)O[C@H](CO)[C@@H](O[C@@H]2O[C@H](CO)[C@H](O)[C@H](O[C@@H]3O[C@H](CO)[C@@H](O)[C@H](O[C@@H]4O[C@H](CO)[C@H](O)[C@H](O)[C@H]4O)[C@H]3NC(C)=O)[C@H]2O)[C@@H]1O. The summed E-state index contributed by atoms with van der Waals surface area (Å²) in [7, 11) is 0. The van der Waals surface area contributed by atoms with Crippen molar-refractivity contribution in [3.63, 3.8) is 0 Å². The largest absolute Gasteiger partial charge is 0.394 e. The lowest BCUT2D eigenvalue weighted by Crippen LogP contribution is -2.71. The van der Waals surface area contributed by atoms with Gasteiger partial charge < -0.3 is 130 Å². The average Bonchev–Trinajstić information content (AvgIpc) is 3.25. The van der Waals surface area contributed by atoms with Crippen molar-refractivity contribution in [3.05, 3.63) is 0 Å². The highest BCUT2D eigenvalue weighted by molar-refractivity contribution is 5.74. The third-order valence-electron chi connectivity index (χ3n) is 11.5. The molecule has 17 N–H and O–H groups in total. The Labute approximate surface area is 369 Å². The molecular weight excluding hydrogens is 890 g/mol. The minimum atomic E-state index is -2.17. The van der Waals surface area contributed by atoms with E-state index in [1.807, 2.05) is 0 Å². The zero-order chi connectivity index (χ0) is 48.2. The fraction of sp³-hybridized carbons (Fsp3) is 0.917. The summed E-state index contributed by atoms with van der Waals surface area (Å²) in [6.45, 7) is -1.49. The van der Waals surface area contributed by atoms with Gasteiger partial charge in [0.1, 0.15) is 122 Å². The molecule has 5 aliphatic heterocycles. The second kappa shape index (κ2) is 23.2. The molecule has 5 rings (SSSR count). The van der Waals surface area contributed by atoms with E-state index < -0.39 is 204 Å². The lowest BCUT2D eigenvalue weighted by atomic mass is 9.93. The van der Waals surface area contributed by atoms with Crippen LogP contribution in [-0.2, 0) is 57.0 Å². The molecule has 5 aliphatic rings. The van der Waals surface area contributed by atoms with Gasteiger partial charge in [0.05, 0.1) is 33.0 Å². The Kier molecular flexibility index (Phi) is 19.1. The minimum absolute atomic E-state index is 0.710. The summed E-state index contributed by atoms with van der Waals surface area (Å²) in [5, 5.41) is 156. The van der Waals surface area contributed by atoms with Gasteiger partial charge in [0.15, 0.2) is 31.5 Å². The van der Waals surface area contributed by atoms with Crippen molar-refractivity contribution >= 4 is 17.7 Å². The molecule has 0 aliphatic carbocycles. The Balaban J connectivity index is 1.41. The number of rotatable bonds is 16. The van der Waals surface area contributed by atoms with Gasteiger partial charge >= 0.3 is 0 Å². The molecule has 5 heterocycles. The third-order valence-corrected chi connectivity index (χ3v) is 11.5. The van der Waals surface area contributed by atoms with E-state index in [1.54, 1.807) is 0 Å². The third kappa shape index (κ3) is 11.9. The summed E-state index contributed by atoms with van der Waals surface area (Å²) in [6, 6.07) is -4.89. The first-order chi connectivity index (χ1) is 30.7. The van der Waals surface area contributed by atoms with E-state index in [2.05, 4.69) is 16.0 Å². The van der Waals surface area contributed by atoms with Gasteiger partial charge in [-0.2, -0.15) is 0 Å². The van der Waals surface area contributed by atoms with Gasteiger partial charge in [-0.3, -0.25) is 14.4 Å². The van der Waals surface area contributed by atoms with Crippen LogP contribution in [0.25, 0.3) is 0 Å². The van der Waals surface area contributed by atoms with Crippen LogP contribution < -0.4 is 16.0 Å². The van der Waals surface area contributed by atoms with E-state index in [9.17, 15) is 85.9 Å². The molecule has 1 unspecified atom stereocenters. The Morgan fingerprint density at radius 1 is 0.369 bits per heavy atom. The van der Waals surface area contributed by atoms with Gasteiger partial charge in [-0.05, 0) is 0 Å². The monoisotopic (exact) mass is 951 g/mol. The normalized spacial score (nSPS) is 47.1. The lowest BCUT2D eigenvalue weighted by molar-refractivity contribution is -0.379. The number of carbonyl (C=O) groups is 3. The number of aliphatic hydroxyl groups is 14. The highest BCUT2D eigenvalue weighted by Gasteiger charge is 2.57. The zero-order valence-electron chi connectivity index (χ0n) is 35.1. The molecule has 0 spiro atoms. The highest BCUT2D eigenvalue weighted by Crippen LogP contribution is 2.36. The Hall–Kier alpha value is -2.51. The molecule has 29 heteroatoms. The van der Waals surface area contributed by atoms with E-state index in [1.165, 1.54) is 0 Å². The Bertz CT molecular complexity index is 1560. The molecule has 5 fully saturated rings. The molecule has 65 heavy (non-hydrogen) atoms. The van der Waals surface area contributed by atoms with Crippen molar-refractivity contribution in [3.8, 4) is 0 Å². The predicted molar refractivity (Wildman–Crippen MR) is 201 cm³/mol. The first-order valence-corrected chi connectivity index (χ1v) is 20.6. The standard InChI is InChI=1S/C36H61N3O26/c1-9(45)37-17-24(52)28(16(8-44)61-33(17)63-29-18(38-10(2)46)32(56)57-13(5-41)21(29)49)62-36-27(55)31(23(51)15(7-43)60-36)65-34-19(39-11(3)47)30(22(50)14(6-42)58-34)64-35-26(54)25(53)20(48)12(4-40)59-35/h12-36,40-44,48-56H,4-8H2,1-3H3,(H,37,45)(H,38,46)(H,39,47)/t12-,13-,14-,15-,16-,17-,18-,19-,20+,21+,22-,23+,24-,25+,26-,27-,28-,29-,30-,31+,32?,33+,34+,35+,36+/m1/s1. The summed E-state index contributed by atoms with van der Waals surface area (Å²) in [6.07, 6.45) is -40.3. The van der Waals surface area contributed by atoms with Crippen LogP contribution in [0.4, 0.5) is 0 Å². The molecule has 0 radical (unpaired) electrons. The van der Waals surface area contributed by atoms with E-state index >= 15 is 0 Å². The molecule has 376 valence electrons. The summed E-state index contributed by atoms with van der Waals surface area (Å²) in [4.78, 5) is 37.0. The van der Waals surface area contributed by atoms with Gasteiger partial charge in [-0.15, -0.1) is 0 Å². The van der Waals surface area contributed by atoms with E-state index in [4.69, 9.17) is 42.6 Å². The van der Waals surface area contributed by atoms with Crippen molar-refractivity contribution in [2.45, 2.75) is 174 Å². The van der Waals surface area contributed by atoms with E-state index in [-0.39, 0.29) is 0 Å². The van der Waals surface area contributed by atoms with Crippen LogP contribution >= 0.6 is 0 Å². The first kappa shape index (κ1) is 53.4. The summed E-state index contributed by atoms with van der Waals surface area (Å²) in [5.74, 6) is -2.32. The molecule has 29 nitrogen and oxygen atoms in total. The van der Waals surface area contributed by atoms with Gasteiger partial charge in [-0.1, -0.05) is 0 Å². The molecule has 0 aromatic rings. The first-order valence-electron chi connectivity index (χ1n) is 20.6. The molecular formula is C36H61N3O26. The maximum atomic E-state index is 12.5. The predicted octanol–water partition coefficient (Wildman–Crippen LogP) is -11.5. The zero-order valence-corrected chi connectivity index (χ0v) is 35.1. The molecule has 25 atom stereocenters. The van der Waals surface area contributed by atoms with Crippen LogP contribution in [-0.4, -0.2) is 276 Å². The van der Waals surface area contributed by atoms with Gasteiger partial charge in [0.2, 0.25) is 17.7 Å². The Morgan fingerprint density at radius 2 is 0.723 bits per heavy atom. The fourth-order valence-corrected chi connectivity index (χ4v) is 8.23. The number of carbonyl (C=O) groups excluding carboxylic acids is 3. The van der Waals surface area contributed by atoms with Crippen molar-refractivity contribution in [2.24, 2.45) is 0 Å². The van der Waals surface area contributed by atoms with Crippen molar-refractivity contribution in [1.29, 1.82) is 0 Å². The fourth-order valence-electron chi connectivity index (χ4n) is 8.23. The van der Waals surface area contributed by atoms with Crippen molar-refractivity contribution in [1.82, 2.24) is 16.0 Å². The summed E-state index contributed by atoms with van der Waals surface area (Å²) >= 11 is 0. The molecule has 3 amide bonds. The van der Waals surface area contributed by atoms with Crippen LogP contribution in [0.15, 0.2) is 0 Å². The molecule has 0 saturated carbocycles. The van der Waals surface area contributed by atoms with Crippen LogP contribution in [0.1, 0.15) is 20.8 Å². The van der Waals surface area contributed by atoms with Gasteiger partial charge in [0, 0.05) is 20.8 Å². The van der Waals surface area contributed by atoms with Crippen LogP contribution in [0, 0.1) is 0 Å². The minimum Gasteiger partial charge on any atom is -0.394 e. The molecule has 0 bridgehead atoms. The van der Waals surface area contributed by atoms with Gasteiger partial charge in [0.25, 0.3) is 0 Å². The maximum Gasteiger partial charge on any atom is 0.217 e.